The number of nitro groups is 1. The van der Waals surface area contributed by atoms with Gasteiger partial charge in [0, 0.05) is 22.3 Å². The highest BCUT2D eigenvalue weighted by atomic mass is 79.9. The van der Waals surface area contributed by atoms with Crippen molar-refractivity contribution < 1.29 is 19.2 Å². The van der Waals surface area contributed by atoms with Crippen molar-refractivity contribution >= 4 is 33.2 Å². The van der Waals surface area contributed by atoms with Gasteiger partial charge in [-0.1, -0.05) is 22.0 Å². The number of hydrogen-bond acceptors (Lipinski definition) is 5. The third kappa shape index (κ3) is 5.19. The molecule has 0 radical (unpaired) electrons. The fourth-order valence-corrected chi connectivity index (χ4v) is 2.79. The molecule has 1 amide bonds. The monoisotopic (exact) mass is 422 g/mol. The Morgan fingerprint density at radius 1 is 1.15 bits per heavy atom. The van der Waals surface area contributed by atoms with Crippen molar-refractivity contribution in [3.63, 3.8) is 0 Å². The zero-order valence-corrected chi connectivity index (χ0v) is 16.0. The Morgan fingerprint density at radius 2 is 1.81 bits per heavy atom. The van der Waals surface area contributed by atoms with Crippen molar-refractivity contribution in [1.82, 2.24) is 0 Å². The van der Waals surface area contributed by atoms with E-state index >= 15 is 0 Å². The van der Waals surface area contributed by atoms with Gasteiger partial charge in [-0.25, -0.2) is 0 Å². The lowest BCUT2D eigenvalue weighted by Gasteiger charge is -2.14. The molecule has 2 aromatic rings. The summed E-state index contributed by atoms with van der Waals surface area (Å²) in [6.45, 7) is 4.72. The number of amides is 1. The number of rotatable bonds is 8. The first-order chi connectivity index (χ1) is 12.4. The van der Waals surface area contributed by atoms with E-state index < -0.39 is 4.92 Å². The third-order valence-corrected chi connectivity index (χ3v) is 4.14. The predicted octanol–water partition coefficient (Wildman–Crippen LogP) is 4.34. The first-order valence-corrected chi connectivity index (χ1v) is 8.86. The number of carbonyl (C=O) groups is 1. The van der Waals surface area contributed by atoms with Gasteiger partial charge >= 0.3 is 0 Å². The van der Waals surface area contributed by atoms with Gasteiger partial charge in [-0.05, 0) is 37.6 Å². The first kappa shape index (κ1) is 19.7. The maximum Gasteiger partial charge on any atom is 0.271 e. The summed E-state index contributed by atoms with van der Waals surface area (Å²) in [6, 6.07) is 9.33. The molecule has 0 fully saturated rings. The minimum Gasteiger partial charge on any atom is -0.490 e. The van der Waals surface area contributed by atoms with Gasteiger partial charge in [0.25, 0.3) is 5.69 Å². The molecule has 2 aromatic carbocycles. The number of benzene rings is 2. The van der Waals surface area contributed by atoms with E-state index in [1.165, 1.54) is 18.2 Å². The van der Waals surface area contributed by atoms with Gasteiger partial charge in [-0.2, -0.15) is 0 Å². The fraction of sp³-hybridized carbons (Fsp3) is 0.278. The average molecular weight is 423 g/mol. The van der Waals surface area contributed by atoms with Crippen LogP contribution < -0.4 is 14.8 Å². The van der Waals surface area contributed by atoms with Crippen LogP contribution in [0.15, 0.2) is 40.9 Å². The molecule has 0 unspecified atom stereocenters. The quantitative estimate of drug-likeness (QED) is 0.504. The van der Waals surface area contributed by atoms with Crippen LogP contribution in [0, 0.1) is 10.1 Å². The number of nitro benzene ring substituents is 1. The van der Waals surface area contributed by atoms with Crippen molar-refractivity contribution in [3.05, 3.63) is 56.5 Å². The molecule has 26 heavy (non-hydrogen) atoms. The Labute approximate surface area is 159 Å². The SMILES string of the molecule is CCOc1cc(Br)c(CC(=O)Nc2cccc([N+](=O)[O-])c2)cc1OCC. The summed E-state index contributed by atoms with van der Waals surface area (Å²) in [6.07, 6.45) is 0.0791. The lowest BCUT2D eigenvalue weighted by Crippen LogP contribution is -2.15. The molecule has 0 aromatic heterocycles. The zero-order valence-electron chi connectivity index (χ0n) is 14.5. The fourth-order valence-electron chi connectivity index (χ4n) is 2.32. The van der Waals surface area contributed by atoms with Crippen molar-refractivity contribution in [3.8, 4) is 11.5 Å². The van der Waals surface area contributed by atoms with Crippen LogP contribution in [0.1, 0.15) is 19.4 Å². The highest BCUT2D eigenvalue weighted by molar-refractivity contribution is 9.10. The molecule has 0 aliphatic heterocycles. The summed E-state index contributed by atoms with van der Waals surface area (Å²) in [5.41, 5.74) is 1.01. The topological polar surface area (TPSA) is 90.7 Å². The zero-order chi connectivity index (χ0) is 19.1. The van der Waals surface area contributed by atoms with E-state index in [1.54, 1.807) is 18.2 Å². The Morgan fingerprint density at radius 3 is 2.42 bits per heavy atom. The van der Waals surface area contributed by atoms with Crippen LogP contribution in [0.25, 0.3) is 0 Å². The maximum atomic E-state index is 12.3. The molecule has 0 atom stereocenters. The summed E-state index contributed by atoms with van der Waals surface area (Å²) < 4.78 is 11.8. The standard InChI is InChI=1S/C18H19BrN2O5/c1-3-25-16-8-12(15(19)11-17(16)26-4-2)9-18(22)20-13-6-5-7-14(10-13)21(23)24/h5-8,10-11H,3-4,9H2,1-2H3,(H,20,22). The molecule has 0 aliphatic carbocycles. The minimum absolute atomic E-state index is 0.0791. The van der Waals surface area contributed by atoms with Crippen molar-refractivity contribution in [2.45, 2.75) is 20.3 Å². The highest BCUT2D eigenvalue weighted by Crippen LogP contribution is 2.34. The number of nitrogens with one attached hydrogen (secondary N) is 1. The van der Waals surface area contributed by atoms with Crippen LogP contribution in [0.3, 0.4) is 0 Å². The second-order valence-corrected chi connectivity index (χ2v) is 6.14. The van der Waals surface area contributed by atoms with Crippen LogP contribution in [-0.2, 0) is 11.2 Å². The van der Waals surface area contributed by atoms with E-state index in [2.05, 4.69) is 21.2 Å². The number of nitrogens with zero attached hydrogens (tertiary/aromatic N) is 1. The second-order valence-electron chi connectivity index (χ2n) is 5.29. The van der Waals surface area contributed by atoms with Crippen LogP contribution in [-0.4, -0.2) is 24.0 Å². The van der Waals surface area contributed by atoms with Gasteiger partial charge in [-0.15, -0.1) is 0 Å². The first-order valence-electron chi connectivity index (χ1n) is 8.06. The second kappa shape index (κ2) is 9.19. The smallest absolute Gasteiger partial charge is 0.271 e. The van der Waals surface area contributed by atoms with Gasteiger partial charge in [-0.3, -0.25) is 14.9 Å². The van der Waals surface area contributed by atoms with Gasteiger partial charge in [0.2, 0.25) is 5.91 Å². The summed E-state index contributed by atoms with van der Waals surface area (Å²) in [5.74, 6) is 0.873. The van der Waals surface area contributed by atoms with Crippen molar-refractivity contribution in [2.24, 2.45) is 0 Å². The van der Waals surface area contributed by atoms with Crippen LogP contribution >= 0.6 is 15.9 Å². The summed E-state index contributed by atoms with van der Waals surface area (Å²) in [4.78, 5) is 22.6. The largest absolute Gasteiger partial charge is 0.490 e. The van der Waals surface area contributed by atoms with E-state index in [9.17, 15) is 14.9 Å². The van der Waals surface area contributed by atoms with E-state index in [0.29, 0.717) is 30.4 Å². The Hall–Kier alpha value is -2.61. The predicted molar refractivity (Wildman–Crippen MR) is 102 cm³/mol. The van der Waals surface area contributed by atoms with Gasteiger partial charge in [0.1, 0.15) is 0 Å². The molecule has 0 saturated carbocycles. The van der Waals surface area contributed by atoms with E-state index in [4.69, 9.17) is 9.47 Å². The number of ether oxygens (including phenoxy) is 2. The lowest BCUT2D eigenvalue weighted by molar-refractivity contribution is -0.384. The number of anilines is 1. The minimum atomic E-state index is -0.507. The number of hydrogen-bond donors (Lipinski definition) is 1. The number of carbonyl (C=O) groups excluding carboxylic acids is 1. The molecule has 1 N–H and O–H groups in total. The number of non-ortho nitro benzene ring substituents is 1. The molecule has 0 heterocycles. The molecule has 0 spiro atoms. The molecule has 7 nitrogen and oxygen atoms in total. The molecule has 0 aliphatic rings. The number of halogens is 1. The van der Waals surface area contributed by atoms with Gasteiger partial charge < -0.3 is 14.8 Å². The molecule has 2 rings (SSSR count). The van der Waals surface area contributed by atoms with E-state index in [1.807, 2.05) is 13.8 Å². The van der Waals surface area contributed by atoms with Crippen LogP contribution in [0.4, 0.5) is 11.4 Å². The van der Waals surface area contributed by atoms with E-state index in [-0.39, 0.29) is 18.0 Å². The summed E-state index contributed by atoms with van der Waals surface area (Å²) in [5, 5.41) is 13.5. The van der Waals surface area contributed by atoms with Gasteiger partial charge in [0.15, 0.2) is 11.5 Å². The Bertz CT molecular complexity index is 810. The lowest BCUT2D eigenvalue weighted by atomic mass is 10.1. The molecular weight excluding hydrogens is 404 g/mol. The van der Waals surface area contributed by atoms with Crippen molar-refractivity contribution in [2.75, 3.05) is 18.5 Å². The average Bonchev–Trinajstić information content (AvgIpc) is 2.59. The molecule has 0 saturated heterocycles. The molecule has 138 valence electrons. The maximum absolute atomic E-state index is 12.3. The molecule has 0 bridgehead atoms. The molecule has 8 heteroatoms. The van der Waals surface area contributed by atoms with Crippen LogP contribution in [0.2, 0.25) is 0 Å². The van der Waals surface area contributed by atoms with Gasteiger partial charge in [0.05, 0.1) is 24.6 Å². The van der Waals surface area contributed by atoms with Crippen molar-refractivity contribution in [1.29, 1.82) is 0 Å². The Kier molecular flexibility index (Phi) is 6.97. The Balaban J connectivity index is 2.16. The molecular formula is C18H19BrN2O5. The van der Waals surface area contributed by atoms with Crippen LogP contribution in [0.5, 0.6) is 11.5 Å². The summed E-state index contributed by atoms with van der Waals surface area (Å²) in [7, 11) is 0. The third-order valence-electron chi connectivity index (χ3n) is 3.40. The highest BCUT2D eigenvalue weighted by Gasteiger charge is 2.14. The summed E-state index contributed by atoms with van der Waals surface area (Å²) >= 11 is 3.44. The van der Waals surface area contributed by atoms with E-state index in [0.717, 1.165) is 10.0 Å². The normalized spacial score (nSPS) is 10.3.